The van der Waals surface area contributed by atoms with Crippen molar-refractivity contribution in [1.82, 2.24) is 9.62 Å². The molecule has 0 aliphatic rings. The molecule has 0 amide bonds. The molecule has 1 aromatic carbocycles. The Bertz CT molecular complexity index is 539. The highest BCUT2D eigenvalue weighted by atomic mass is 32.2. The number of hydrogen-bond donors (Lipinski definition) is 1. The summed E-state index contributed by atoms with van der Waals surface area (Å²) in [5.41, 5.74) is 0.414. The molecule has 0 atom stereocenters. The average Bonchev–Trinajstić information content (AvgIpc) is 2.44. The average molecular weight is 298 g/mol. The number of benzene rings is 1. The van der Waals surface area contributed by atoms with E-state index in [9.17, 15) is 8.42 Å². The molecule has 0 unspecified atom stereocenters. The van der Waals surface area contributed by atoms with E-state index in [1.165, 1.54) is 4.31 Å². The van der Waals surface area contributed by atoms with Gasteiger partial charge in [-0.3, -0.25) is 0 Å². The Labute approximate surface area is 123 Å². The fraction of sp³-hybridized carbons (Fsp3) is 0.600. The summed E-state index contributed by atoms with van der Waals surface area (Å²) >= 11 is 0. The van der Waals surface area contributed by atoms with Crippen LogP contribution in [0.5, 0.6) is 0 Å². The van der Waals surface area contributed by atoms with E-state index in [4.69, 9.17) is 0 Å². The van der Waals surface area contributed by atoms with Gasteiger partial charge >= 0.3 is 0 Å². The molecule has 0 fully saturated rings. The van der Waals surface area contributed by atoms with Crippen LogP contribution in [0, 0.1) is 0 Å². The second-order valence-electron chi connectivity index (χ2n) is 5.53. The molecule has 0 aromatic heterocycles. The molecule has 1 rings (SSSR count). The second kappa shape index (κ2) is 6.70. The summed E-state index contributed by atoms with van der Waals surface area (Å²) < 4.78 is 27.1. The maximum atomic E-state index is 12.8. The summed E-state index contributed by atoms with van der Waals surface area (Å²) in [5, 5.41) is 3.19. The molecule has 0 saturated heterocycles. The molecular weight excluding hydrogens is 272 g/mol. The number of hydrogen-bond acceptors (Lipinski definition) is 3. The van der Waals surface area contributed by atoms with Crippen LogP contribution in [0.3, 0.4) is 0 Å². The lowest BCUT2D eigenvalue weighted by Gasteiger charge is -2.34. The molecule has 1 N–H and O–H groups in total. The van der Waals surface area contributed by atoms with Crippen molar-refractivity contribution >= 4 is 10.0 Å². The number of rotatable bonds is 7. The molecule has 5 heteroatoms. The highest BCUT2D eigenvalue weighted by Gasteiger charge is 2.33. The smallest absolute Gasteiger partial charge is 0.243 e. The van der Waals surface area contributed by atoms with Crippen LogP contribution in [0.1, 0.15) is 39.7 Å². The lowest BCUT2D eigenvalue weighted by atomic mass is 10.0. The van der Waals surface area contributed by atoms with Crippen molar-refractivity contribution in [3.8, 4) is 0 Å². The predicted octanol–water partition coefficient (Wildman–Crippen LogP) is 2.61. The summed E-state index contributed by atoms with van der Waals surface area (Å²) in [4.78, 5) is 0.393. The maximum absolute atomic E-state index is 12.8. The minimum absolute atomic E-state index is 0.393. The van der Waals surface area contributed by atoms with Crippen molar-refractivity contribution in [3.05, 3.63) is 29.8 Å². The summed E-state index contributed by atoms with van der Waals surface area (Å²) in [6.07, 6.45) is 0.762. The molecule has 0 heterocycles. The van der Waals surface area contributed by atoms with Gasteiger partial charge < -0.3 is 5.32 Å². The molecular formula is C15H26N2O2S. The molecule has 1 aromatic rings. The van der Waals surface area contributed by atoms with Gasteiger partial charge in [0, 0.05) is 19.1 Å². The van der Waals surface area contributed by atoms with Crippen LogP contribution in [-0.2, 0) is 16.6 Å². The fourth-order valence-electron chi connectivity index (χ4n) is 1.86. The number of nitrogens with zero attached hydrogens (tertiary/aromatic N) is 1. The SMILES string of the molecule is CCNCc1ccccc1S(=O)(=O)N(C)C(C)(C)CC. The van der Waals surface area contributed by atoms with E-state index in [1.807, 2.05) is 39.8 Å². The largest absolute Gasteiger partial charge is 0.313 e. The first kappa shape index (κ1) is 17.1. The third-order valence-corrected chi connectivity index (χ3v) is 6.06. The Morgan fingerprint density at radius 3 is 2.35 bits per heavy atom. The topological polar surface area (TPSA) is 49.4 Å². The first-order chi connectivity index (χ1) is 9.27. The molecule has 114 valence electrons. The van der Waals surface area contributed by atoms with E-state index >= 15 is 0 Å². The van der Waals surface area contributed by atoms with E-state index < -0.39 is 15.6 Å². The molecule has 0 radical (unpaired) electrons. The van der Waals surface area contributed by atoms with Crippen LogP contribution in [0.4, 0.5) is 0 Å². The Morgan fingerprint density at radius 1 is 1.20 bits per heavy atom. The van der Waals surface area contributed by atoms with E-state index in [1.54, 1.807) is 19.2 Å². The van der Waals surface area contributed by atoms with Gasteiger partial charge in [0.2, 0.25) is 10.0 Å². The van der Waals surface area contributed by atoms with Gasteiger partial charge in [0.15, 0.2) is 0 Å². The van der Waals surface area contributed by atoms with Crippen molar-refractivity contribution < 1.29 is 8.42 Å². The second-order valence-corrected chi connectivity index (χ2v) is 7.46. The molecule has 0 spiro atoms. The molecule has 0 bridgehead atoms. The third-order valence-electron chi connectivity index (χ3n) is 3.89. The van der Waals surface area contributed by atoms with E-state index in [0.29, 0.717) is 11.4 Å². The van der Waals surface area contributed by atoms with Crippen molar-refractivity contribution in [2.24, 2.45) is 0 Å². The van der Waals surface area contributed by atoms with Gasteiger partial charge in [0.05, 0.1) is 4.90 Å². The molecule has 0 aliphatic carbocycles. The van der Waals surface area contributed by atoms with E-state index in [-0.39, 0.29) is 0 Å². The highest BCUT2D eigenvalue weighted by Crippen LogP contribution is 2.27. The Hall–Kier alpha value is -0.910. The van der Waals surface area contributed by atoms with Gasteiger partial charge in [-0.2, -0.15) is 4.31 Å². The van der Waals surface area contributed by atoms with E-state index in [2.05, 4.69) is 5.32 Å². The summed E-state index contributed by atoms with van der Waals surface area (Å²) in [5.74, 6) is 0. The van der Waals surface area contributed by atoms with Crippen molar-refractivity contribution in [2.45, 2.75) is 51.1 Å². The maximum Gasteiger partial charge on any atom is 0.243 e. The zero-order chi connectivity index (χ0) is 15.4. The van der Waals surface area contributed by atoms with Gasteiger partial charge in [-0.1, -0.05) is 32.0 Å². The summed E-state index contributed by atoms with van der Waals surface area (Å²) in [6.45, 7) is 9.26. The monoisotopic (exact) mass is 298 g/mol. The van der Waals surface area contributed by atoms with Crippen LogP contribution in [0.15, 0.2) is 29.2 Å². The molecule has 4 nitrogen and oxygen atoms in total. The van der Waals surface area contributed by atoms with Gasteiger partial charge in [0.1, 0.15) is 0 Å². The number of sulfonamides is 1. The first-order valence-corrected chi connectivity index (χ1v) is 8.49. The minimum atomic E-state index is -3.48. The zero-order valence-electron chi connectivity index (χ0n) is 13.1. The zero-order valence-corrected chi connectivity index (χ0v) is 13.9. The Kier molecular flexibility index (Phi) is 5.74. The minimum Gasteiger partial charge on any atom is -0.313 e. The molecule has 0 saturated carbocycles. The summed E-state index contributed by atoms with van der Waals surface area (Å²) in [6, 6.07) is 7.19. The molecule has 20 heavy (non-hydrogen) atoms. The van der Waals surface area contributed by atoms with Crippen molar-refractivity contribution in [1.29, 1.82) is 0 Å². The number of nitrogens with one attached hydrogen (secondary N) is 1. The van der Waals surface area contributed by atoms with Crippen molar-refractivity contribution in [2.75, 3.05) is 13.6 Å². The quantitative estimate of drug-likeness (QED) is 0.842. The van der Waals surface area contributed by atoms with Crippen LogP contribution < -0.4 is 5.32 Å². The van der Waals surface area contributed by atoms with Gasteiger partial charge in [-0.25, -0.2) is 8.42 Å². The van der Waals surface area contributed by atoms with Gasteiger partial charge in [0.25, 0.3) is 0 Å². The molecule has 0 aliphatic heterocycles. The lowest BCUT2D eigenvalue weighted by molar-refractivity contribution is 0.257. The lowest BCUT2D eigenvalue weighted by Crippen LogP contribution is -2.44. The highest BCUT2D eigenvalue weighted by molar-refractivity contribution is 7.89. The van der Waals surface area contributed by atoms with Crippen LogP contribution >= 0.6 is 0 Å². The van der Waals surface area contributed by atoms with Gasteiger partial charge in [-0.05, 0) is 38.4 Å². The third kappa shape index (κ3) is 3.59. The standard InChI is InChI=1S/C15H26N2O2S/c1-6-15(3,4)17(5)20(18,19)14-11-9-8-10-13(14)12-16-7-2/h8-11,16H,6-7,12H2,1-5H3. The fourth-order valence-corrected chi connectivity index (χ4v) is 3.65. The predicted molar refractivity (Wildman–Crippen MR) is 83.1 cm³/mol. The van der Waals surface area contributed by atoms with E-state index in [0.717, 1.165) is 18.5 Å². The van der Waals surface area contributed by atoms with Crippen LogP contribution in [0.25, 0.3) is 0 Å². The Morgan fingerprint density at radius 2 is 1.80 bits per heavy atom. The van der Waals surface area contributed by atoms with Crippen LogP contribution in [0.2, 0.25) is 0 Å². The first-order valence-electron chi connectivity index (χ1n) is 7.05. The van der Waals surface area contributed by atoms with Crippen LogP contribution in [-0.4, -0.2) is 31.9 Å². The van der Waals surface area contributed by atoms with Gasteiger partial charge in [-0.15, -0.1) is 0 Å². The summed E-state index contributed by atoms with van der Waals surface area (Å²) in [7, 11) is -1.82. The van der Waals surface area contributed by atoms with Crippen molar-refractivity contribution in [3.63, 3.8) is 0 Å². The Balaban J connectivity index is 3.22. The normalized spacial score (nSPS) is 12.9.